The molecule has 1 aromatic rings. The van der Waals surface area contributed by atoms with Crippen LogP contribution in [0.1, 0.15) is 26.2 Å². The fourth-order valence-electron chi connectivity index (χ4n) is 2.70. The number of hydrogen-bond acceptors (Lipinski definition) is 3. The van der Waals surface area contributed by atoms with Gasteiger partial charge in [0.1, 0.15) is 0 Å². The van der Waals surface area contributed by atoms with Gasteiger partial charge >= 0.3 is 0 Å². The maximum Gasteiger partial charge on any atom is 0.243 e. The molecule has 0 spiro atoms. The molecule has 1 fully saturated rings. The Kier molecular flexibility index (Phi) is 6.05. The molecule has 0 aliphatic carbocycles. The zero-order valence-corrected chi connectivity index (χ0v) is 14.0. The van der Waals surface area contributed by atoms with Gasteiger partial charge in [-0.1, -0.05) is 24.6 Å². The van der Waals surface area contributed by atoms with E-state index in [2.05, 4.69) is 5.32 Å². The molecule has 0 amide bonds. The topological polar surface area (TPSA) is 49.4 Å². The molecule has 0 radical (unpaired) electrons. The van der Waals surface area contributed by atoms with E-state index >= 15 is 0 Å². The van der Waals surface area contributed by atoms with E-state index in [0.717, 1.165) is 32.4 Å². The van der Waals surface area contributed by atoms with Gasteiger partial charge < -0.3 is 5.32 Å². The van der Waals surface area contributed by atoms with Crippen molar-refractivity contribution in [3.8, 4) is 0 Å². The largest absolute Gasteiger partial charge is 0.316 e. The van der Waals surface area contributed by atoms with E-state index in [9.17, 15) is 8.42 Å². The Bertz CT molecular complexity index is 557. The Hall–Kier alpha value is -0.620. The van der Waals surface area contributed by atoms with E-state index < -0.39 is 10.0 Å². The molecule has 1 unspecified atom stereocenters. The van der Waals surface area contributed by atoms with E-state index in [4.69, 9.17) is 11.6 Å². The number of nitrogens with zero attached hydrogens (tertiary/aromatic N) is 1. The molecule has 2 rings (SSSR count). The minimum absolute atomic E-state index is 0.284. The maximum atomic E-state index is 12.8. The molecule has 1 atom stereocenters. The highest BCUT2D eigenvalue weighted by Crippen LogP contribution is 2.22. The summed E-state index contributed by atoms with van der Waals surface area (Å²) in [6.07, 6.45) is 3.00. The van der Waals surface area contributed by atoms with Gasteiger partial charge in [-0.15, -0.1) is 0 Å². The lowest BCUT2D eigenvalue weighted by Gasteiger charge is -2.29. The van der Waals surface area contributed by atoms with E-state index in [1.165, 1.54) is 6.07 Å². The molecule has 21 heavy (non-hydrogen) atoms. The number of nitrogens with one attached hydrogen (secondary N) is 1. The van der Waals surface area contributed by atoms with Crippen LogP contribution < -0.4 is 5.32 Å². The molecule has 1 heterocycles. The van der Waals surface area contributed by atoms with Crippen molar-refractivity contribution in [3.05, 3.63) is 29.3 Å². The minimum atomic E-state index is -3.46. The minimum Gasteiger partial charge on any atom is -0.316 e. The second-order valence-electron chi connectivity index (χ2n) is 5.53. The Morgan fingerprint density at radius 1 is 1.43 bits per heavy atom. The lowest BCUT2D eigenvalue weighted by molar-refractivity contribution is 0.291. The second kappa shape index (κ2) is 7.58. The monoisotopic (exact) mass is 330 g/mol. The van der Waals surface area contributed by atoms with Crippen LogP contribution in [0.2, 0.25) is 5.02 Å². The smallest absolute Gasteiger partial charge is 0.243 e. The maximum absolute atomic E-state index is 12.8. The first kappa shape index (κ1) is 16.7. The van der Waals surface area contributed by atoms with Crippen LogP contribution in [-0.2, 0) is 10.0 Å². The summed E-state index contributed by atoms with van der Waals surface area (Å²) in [6, 6.07) is 6.51. The fraction of sp³-hybridized carbons (Fsp3) is 0.600. The standard InChI is InChI=1S/C15H23ClN2O2S/c1-2-9-18(12-13-5-4-8-17-11-13)21(19,20)15-7-3-6-14(16)10-15/h3,6-7,10,13,17H,2,4-5,8-9,11-12H2,1H3. The van der Waals surface area contributed by atoms with Crippen LogP contribution in [0, 0.1) is 5.92 Å². The average molecular weight is 331 g/mol. The van der Waals surface area contributed by atoms with Gasteiger partial charge in [0.05, 0.1) is 4.90 Å². The van der Waals surface area contributed by atoms with Crippen LogP contribution in [0.4, 0.5) is 0 Å². The van der Waals surface area contributed by atoms with Crippen molar-refractivity contribution in [1.82, 2.24) is 9.62 Å². The van der Waals surface area contributed by atoms with Crippen LogP contribution in [0.25, 0.3) is 0 Å². The summed E-state index contributed by atoms with van der Waals surface area (Å²) in [5.74, 6) is 0.388. The summed E-state index contributed by atoms with van der Waals surface area (Å²) in [5, 5.41) is 3.79. The van der Waals surface area contributed by atoms with Crippen LogP contribution in [0.15, 0.2) is 29.2 Å². The van der Waals surface area contributed by atoms with Gasteiger partial charge in [0.15, 0.2) is 0 Å². The lowest BCUT2D eigenvalue weighted by Crippen LogP contribution is -2.41. The Balaban J connectivity index is 2.19. The Labute approximate surface area is 132 Å². The predicted molar refractivity (Wildman–Crippen MR) is 86.1 cm³/mol. The summed E-state index contributed by atoms with van der Waals surface area (Å²) in [6.45, 7) is 5.05. The van der Waals surface area contributed by atoms with Gasteiger partial charge in [-0.2, -0.15) is 4.31 Å². The molecule has 4 nitrogen and oxygen atoms in total. The van der Waals surface area contributed by atoms with Gasteiger partial charge in [-0.05, 0) is 56.5 Å². The quantitative estimate of drug-likeness (QED) is 0.872. The number of rotatable bonds is 6. The highest BCUT2D eigenvalue weighted by molar-refractivity contribution is 7.89. The molecule has 0 saturated carbocycles. The first-order valence-corrected chi connectivity index (χ1v) is 9.32. The zero-order chi connectivity index (χ0) is 15.3. The molecule has 6 heteroatoms. The molecule has 0 aromatic heterocycles. The summed E-state index contributed by atoms with van der Waals surface area (Å²) in [5.41, 5.74) is 0. The number of halogens is 1. The van der Waals surface area contributed by atoms with Gasteiger partial charge in [0.25, 0.3) is 0 Å². The summed E-state index contributed by atoms with van der Waals surface area (Å²) < 4.78 is 27.2. The van der Waals surface area contributed by atoms with Crippen LogP contribution >= 0.6 is 11.6 Å². The average Bonchev–Trinajstić information content (AvgIpc) is 2.48. The molecule has 118 valence electrons. The molecular weight excluding hydrogens is 308 g/mol. The molecule has 1 aromatic carbocycles. The molecule has 1 aliphatic heterocycles. The first-order chi connectivity index (χ1) is 10.0. The van der Waals surface area contributed by atoms with Crippen molar-refractivity contribution in [3.63, 3.8) is 0 Å². The molecular formula is C15H23ClN2O2S. The van der Waals surface area contributed by atoms with Crippen LogP contribution in [0.5, 0.6) is 0 Å². The lowest BCUT2D eigenvalue weighted by atomic mass is 10.00. The third-order valence-corrected chi connectivity index (χ3v) is 5.86. The van der Waals surface area contributed by atoms with Crippen molar-refractivity contribution in [1.29, 1.82) is 0 Å². The number of sulfonamides is 1. The molecule has 0 bridgehead atoms. The third-order valence-electron chi connectivity index (χ3n) is 3.77. The van der Waals surface area contributed by atoms with E-state index in [-0.39, 0.29) is 4.90 Å². The van der Waals surface area contributed by atoms with Crippen molar-refractivity contribution >= 4 is 21.6 Å². The number of benzene rings is 1. The first-order valence-electron chi connectivity index (χ1n) is 7.50. The van der Waals surface area contributed by atoms with Crippen molar-refractivity contribution in [2.24, 2.45) is 5.92 Å². The number of piperidine rings is 1. The zero-order valence-electron chi connectivity index (χ0n) is 12.4. The van der Waals surface area contributed by atoms with Gasteiger partial charge in [0, 0.05) is 18.1 Å². The van der Waals surface area contributed by atoms with Crippen molar-refractivity contribution in [2.75, 3.05) is 26.2 Å². The van der Waals surface area contributed by atoms with E-state index in [1.54, 1.807) is 22.5 Å². The van der Waals surface area contributed by atoms with Gasteiger partial charge in [-0.25, -0.2) is 8.42 Å². The summed E-state index contributed by atoms with van der Waals surface area (Å²) >= 11 is 5.93. The van der Waals surface area contributed by atoms with Crippen LogP contribution in [-0.4, -0.2) is 38.9 Å². The second-order valence-corrected chi connectivity index (χ2v) is 7.91. The molecule has 1 saturated heterocycles. The number of hydrogen-bond donors (Lipinski definition) is 1. The third kappa shape index (κ3) is 4.42. The normalized spacial score (nSPS) is 19.9. The van der Waals surface area contributed by atoms with Gasteiger partial charge in [0.2, 0.25) is 10.0 Å². The predicted octanol–water partition coefficient (Wildman–Crippen LogP) is 2.74. The molecule has 1 aliphatic rings. The van der Waals surface area contributed by atoms with Crippen molar-refractivity contribution < 1.29 is 8.42 Å². The van der Waals surface area contributed by atoms with Crippen LogP contribution in [0.3, 0.4) is 0 Å². The fourth-order valence-corrected chi connectivity index (χ4v) is 4.61. The molecule has 1 N–H and O–H groups in total. The van der Waals surface area contributed by atoms with Gasteiger partial charge in [-0.3, -0.25) is 0 Å². The van der Waals surface area contributed by atoms with E-state index in [0.29, 0.717) is 24.0 Å². The summed E-state index contributed by atoms with van der Waals surface area (Å²) in [7, 11) is -3.46. The van der Waals surface area contributed by atoms with Crippen molar-refractivity contribution in [2.45, 2.75) is 31.1 Å². The Morgan fingerprint density at radius 2 is 2.24 bits per heavy atom. The highest BCUT2D eigenvalue weighted by atomic mass is 35.5. The summed E-state index contributed by atoms with van der Waals surface area (Å²) in [4.78, 5) is 0.284. The highest BCUT2D eigenvalue weighted by Gasteiger charge is 2.27. The Morgan fingerprint density at radius 3 is 2.86 bits per heavy atom. The SMILES string of the molecule is CCCN(CC1CCCNC1)S(=O)(=O)c1cccc(Cl)c1. The van der Waals surface area contributed by atoms with E-state index in [1.807, 2.05) is 6.92 Å².